The first kappa shape index (κ1) is 18.0. The molecule has 2 aromatic carbocycles. The van der Waals surface area contributed by atoms with Gasteiger partial charge in [0.15, 0.2) is 0 Å². The largest absolute Gasteiger partial charge is 0.476 e. The van der Waals surface area contributed by atoms with Crippen molar-refractivity contribution in [3.63, 3.8) is 0 Å². The lowest BCUT2D eigenvalue weighted by atomic mass is 9.99. The van der Waals surface area contributed by atoms with Crippen LogP contribution in [0.3, 0.4) is 0 Å². The van der Waals surface area contributed by atoms with Crippen LogP contribution in [0.15, 0.2) is 59.1 Å². The maximum absolute atomic E-state index is 12.6. The summed E-state index contributed by atoms with van der Waals surface area (Å²) < 4.78 is 5.49. The molecule has 0 spiro atoms. The van der Waals surface area contributed by atoms with Gasteiger partial charge in [-0.2, -0.15) is 5.26 Å². The molecule has 0 saturated carbocycles. The van der Waals surface area contributed by atoms with Crippen molar-refractivity contribution in [3.8, 4) is 6.07 Å². The maximum Gasteiger partial charge on any atom is 0.253 e. The summed E-state index contributed by atoms with van der Waals surface area (Å²) in [6, 6.07) is 17.2. The molecule has 0 unspecified atom stereocenters. The Balaban J connectivity index is 1.36. The van der Waals surface area contributed by atoms with Crippen molar-refractivity contribution in [3.05, 3.63) is 76.4 Å². The van der Waals surface area contributed by atoms with Crippen molar-refractivity contribution in [2.45, 2.75) is 12.8 Å². The third-order valence-electron chi connectivity index (χ3n) is 5.07. The SMILES string of the molecule is N#Cc1ccc(C(=O)N2CCC(=Cc3ccc(C4=NCCO4)cc3)CC2)cc1. The number of nitrogens with zero attached hydrogens (tertiary/aromatic N) is 3. The highest BCUT2D eigenvalue weighted by atomic mass is 16.5. The number of aliphatic imine (C=N–C) groups is 1. The minimum atomic E-state index is 0.0326. The van der Waals surface area contributed by atoms with Gasteiger partial charge in [0.2, 0.25) is 5.90 Å². The molecule has 0 N–H and O–H groups in total. The summed E-state index contributed by atoms with van der Waals surface area (Å²) in [7, 11) is 0. The zero-order valence-electron chi connectivity index (χ0n) is 15.6. The lowest BCUT2D eigenvalue weighted by molar-refractivity contribution is 0.0744. The number of benzene rings is 2. The topological polar surface area (TPSA) is 65.7 Å². The predicted octanol–water partition coefficient (Wildman–Crippen LogP) is 3.65. The Morgan fingerprint density at radius 2 is 1.79 bits per heavy atom. The number of likely N-dealkylation sites (tertiary alicyclic amines) is 1. The van der Waals surface area contributed by atoms with Crippen LogP contribution in [0.2, 0.25) is 0 Å². The Bertz CT molecular complexity index is 956. The molecule has 0 radical (unpaired) electrons. The van der Waals surface area contributed by atoms with Crippen LogP contribution in [0.5, 0.6) is 0 Å². The van der Waals surface area contributed by atoms with Crippen molar-refractivity contribution in [2.75, 3.05) is 26.2 Å². The molecule has 5 heteroatoms. The first-order chi connectivity index (χ1) is 13.7. The van der Waals surface area contributed by atoms with Crippen LogP contribution in [0.1, 0.15) is 39.9 Å². The van der Waals surface area contributed by atoms with E-state index < -0.39 is 0 Å². The number of nitriles is 1. The molecule has 0 bridgehead atoms. The van der Waals surface area contributed by atoms with Crippen LogP contribution in [0.4, 0.5) is 0 Å². The van der Waals surface area contributed by atoms with Gasteiger partial charge in [0, 0.05) is 24.2 Å². The normalized spacial score (nSPS) is 16.2. The molecular weight excluding hydrogens is 350 g/mol. The molecule has 2 aliphatic heterocycles. The Morgan fingerprint density at radius 1 is 1.07 bits per heavy atom. The molecule has 140 valence electrons. The van der Waals surface area contributed by atoms with Crippen molar-refractivity contribution in [1.29, 1.82) is 5.26 Å². The third kappa shape index (κ3) is 3.96. The number of hydrogen-bond acceptors (Lipinski definition) is 4. The molecular formula is C23H21N3O2. The van der Waals surface area contributed by atoms with E-state index in [4.69, 9.17) is 10.00 Å². The van der Waals surface area contributed by atoms with Gasteiger partial charge in [-0.25, -0.2) is 4.99 Å². The number of amides is 1. The molecule has 0 atom stereocenters. The molecule has 2 heterocycles. The fourth-order valence-corrected chi connectivity index (χ4v) is 3.48. The highest BCUT2D eigenvalue weighted by Crippen LogP contribution is 2.21. The van der Waals surface area contributed by atoms with Crippen molar-refractivity contribution in [2.24, 2.45) is 4.99 Å². The van der Waals surface area contributed by atoms with E-state index in [0.717, 1.165) is 36.4 Å². The summed E-state index contributed by atoms with van der Waals surface area (Å²) in [6.07, 6.45) is 3.96. The van der Waals surface area contributed by atoms with Crippen molar-refractivity contribution < 1.29 is 9.53 Å². The summed E-state index contributed by atoms with van der Waals surface area (Å²) >= 11 is 0. The first-order valence-electron chi connectivity index (χ1n) is 9.49. The molecule has 1 fully saturated rings. The lowest BCUT2D eigenvalue weighted by Gasteiger charge is -2.28. The molecule has 1 amide bonds. The zero-order chi connectivity index (χ0) is 19.3. The molecule has 2 aromatic rings. The second-order valence-corrected chi connectivity index (χ2v) is 6.94. The maximum atomic E-state index is 12.6. The summed E-state index contributed by atoms with van der Waals surface area (Å²) in [5, 5.41) is 8.87. The first-order valence-corrected chi connectivity index (χ1v) is 9.49. The highest BCUT2D eigenvalue weighted by molar-refractivity contribution is 5.95. The van der Waals surface area contributed by atoms with Crippen LogP contribution < -0.4 is 0 Å². The minimum absolute atomic E-state index is 0.0326. The Morgan fingerprint density at radius 3 is 2.39 bits per heavy atom. The Hall–Kier alpha value is -3.39. The molecule has 28 heavy (non-hydrogen) atoms. The quantitative estimate of drug-likeness (QED) is 0.827. The Labute approximate surface area is 164 Å². The fourth-order valence-electron chi connectivity index (χ4n) is 3.48. The third-order valence-corrected chi connectivity index (χ3v) is 5.07. The summed E-state index contributed by atoms with van der Waals surface area (Å²) in [4.78, 5) is 18.9. The van der Waals surface area contributed by atoms with E-state index in [1.54, 1.807) is 24.3 Å². The molecule has 1 saturated heterocycles. The van der Waals surface area contributed by atoms with Gasteiger partial charge in [-0.3, -0.25) is 4.79 Å². The van der Waals surface area contributed by atoms with E-state index in [1.165, 1.54) is 5.57 Å². The summed E-state index contributed by atoms with van der Waals surface area (Å²) in [5.41, 5.74) is 4.73. The number of carbonyl (C=O) groups excluding carboxylic acids is 1. The standard InChI is InChI=1S/C23H21N3O2/c24-16-19-3-7-21(8-4-19)23(27)26-12-9-18(10-13-26)15-17-1-5-20(6-2-17)22-25-11-14-28-22/h1-8,15H,9-14H2. The predicted molar refractivity (Wildman–Crippen MR) is 108 cm³/mol. The molecule has 5 nitrogen and oxygen atoms in total. The number of hydrogen-bond donors (Lipinski definition) is 0. The van der Waals surface area contributed by atoms with Gasteiger partial charge in [0.25, 0.3) is 5.91 Å². The van der Waals surface area contributed by atoms with Gasteiger partial charge < -0.3 is 9.64 Å². The summed E-state index contributed by atoms with van der Waals surface area (Å²) in [6.45, 7) is 2.83. The summed E-state index contributed by atoms with van der Waals surface area (Å²) in [5.74, 6) is 0.763. The molecule has 2 aliphatic rings. The number of ether oxygens (including phenoxy) is 1. The van der Waals surface area contributed by atoms with Gasteiger partial charge in [0.05, 0.1) is 18.2 Å². The van der Waals surface area contributed by atoms with Crippen molar-refractivity contribution in [1.82, 2.24) is 4.90 Å². The second kappa shape index (κ2) is 8.10. The molecule has 0 aliphatic carbocycles. The van der Waals surface area contributed by atoms with Gasteiger partial charge in [0.1, 0.15) is 6.61 Å². The second-order valence-electron chi connectivity index (χ2n) is 6.94. The fraction of sp³-hybridized carbons (Fsp3) is 0.261. The zero-order valence-corrected chi connectivity index (χ0v) is 15.6. The van der Waals surface area contributed by atoms with Crippen LogP contribution in [0, 0.1) is 11.3 Å². The van der Waals surface area contributed by atoms with E-state index in [2.05, 4.69) is 29.3 Å². The van der Waals surface area contributed by atoms with Gasteiger partial charge in [-0.1, -0.05) is 23.8 Å². The average molecular weight is 371 g/mol. The van der Waals surface area contributed by atoms with E-state index in [0.29, 0.717) is 30.8 Å². The van der Waals surface area contributed by atoms with Crippen LogP contribution >= 0.6 is 0 Å². The van der Waals surface area contributed by atoms with Crippen molar-refractivity contribution >= 4 is 17.9 Å². The minimum Gasteiger partial charge on any atom is -0.476 e. The highest BCUT2D eigenvalue weighted by Gasteiger charge is 2.20. The number of piperidine rings is 1. The molecule has 4 rings (SSSR count). The number of rotatable bonds is 3. The smallest absolute Gasteiger partial charge is 0.253 e. The van der Waals surface area contributed by atoms with Crippen LogP contribution in [-0.4, -0.2) is 42.9 Å². The Kier molecular flexibility index (Phi) is 5.20. The van der Waals surface area contributed by atoms with E-state index in [-0.39, 0.29) is 5.91 Å². The van der Waals surface area contributed by atoms with Gasteiger partial charge >= 0.3 is 0 Å². The molecule has 0 aromatic heterocycles. The lowest BCUT2D eigenvalue weighted by Crippen LogP contribution is -2.36. The van der Waals surface area contributed by atoms with E-state index in [1.807, 2.05) is 17.0 Å². The van der Waals surface area contributed by atoms with Gasteiger partial charge in [-0.05, 0) is 54.8 Å². The van der Waals surface area contributed by atoms with Crippen LogP contribution in [0.25, 0.3) is 6.08 Å². The van der Waals surface area contributed by atoms with E-state index in [9.17, 15) is 4.79 Å². The monoisotopic (exact) mass is 371 g/mol. The average Bonchev–Trinajstić information content (AvgIpc) is 3.29. The van der Waals surface area contributed by atoms with Gasteiger partial charge in [-0.15, -0.1) is 0 Å². The number of carbonyl (C=O) groups is 1. The van der Waals surface area contributed by atoms with E-state index >= 15 is 0 Å². The van der Waals surface area contributed by atoms with Crippen LogP contribution in [-0.2, 0) is 4.74 Å².